The zero-order valence-electron chi connectivity index (χ0n) is 13.8. The molecule has 2 aliphatic rings. The predicted octanol–water partition coefficient (Wildman–Crippen LogP) is 1.68. The highest BCUT2D eigenvalue weighted by molar-refractivity contribution is 5.95. The molecule has 1 atom stereocenters. The fourth-order valence-electron chi connectivity index (χ4n) is 3.07. The van der Waals surface area contributed by atoms with E-state index in [2.05, 4.69) is 9.97 Å². The fraction of sp³-hybridized carbons (Fsp3) is 0.389. The highest BCUT2D eigenvalue weighted by Crippen LogP contribution is 2.33. The maximum atomic E-state index is 12.8. The first-order valence-electron chi connectivity index (χ1n) is 8.35. The summed E-state index contributed by atoms with van der Waals surface area (Å²) in [5.41, 5.74) is 1.60. The molecule has 7 nitrogen and oxygen atoms in total. The number of benzene rings is 1. The number of rotatable bonds is 4. The molecule has 1 amide bonds. The van der Waals surface area contributed by atoms with Crippen LogP contribution >= 0.6 is 0 Å². The number of hydrogen-bond donors (Lipinski definition) is 0. The molecule has 0 spiro atoms. The van der Waals surface area contributed by atoms with Crippen LogP contribution in [0.3, 0.4) is 0 Å². The molecule has 3 heterocycles. The highest BCUT2D eigenvalue weighted by Gasteiger charge is 2.26. The second kappa shape index (κ2) is 7.06. The van der Waals surface area contributed by atoms with E-state index in [0.29, 0.717) is 36.8 Å². The molecule has 25 heavy (non-hydrogen) atoms. The SMILES string of the molecule is O=C(c1ccc2c(c1)OCO2)N1CCO[C@H](CCc2ccncn2)C1. The van der Waals surface area contributed by atoms with Crippen molar-refractivity contribution >= 4 is 5.91 Å². The van der Waals surface area contributed by atoms with Crippen molar-refractivity contribution in [3.8, 4) is 11.5 Å². The van der Waals surface area contributed by atoms with Crippen molar-refractivity contribution in [3.63, 3.8) is 0 Å². The van der Waals surface area contributed by atoms with Crippen molar-refractivity contribution < 1.29 is 19.0 Å². The lowest BCUT2D eigenvalue weighted by Crippen LogP contribution is -2.45. The van der Waals surface area contributed by atoms with Gasteiger partial charge in [-0.25, -0.2) is 9.97 Å². The Morgan fingerprint density at radius 3 is 3.04 bits per heavy atom. The Bertz CT molecular complexity index is 753. The Hall–Kier alpha value is -2.67. The van der Waals surface area contributed by atoms with Gasteiger partial charge >= 0.3 is 0 Å². The summed E-state index contributed by atoms with van der Waals surface area (Å²) in [5, 5.41) is 0. The molecular formula is C18H19N3O4. The number of hydrogen-bond acceptors (Lipinski definition) is 6. The highest BCUT2D eigenvalue weighted by atomic mass is 16.7. The number of morpholine rings is 1. The van der Waals surface area contributed by atoms with Gasteiger partial charge in [-0.15, -0.1) is 0 Å². The van der Waals surface area contributed by atoms with Gasteiger partial charge in [-0.1, -0.05) is 0 Å². The minimum atomic E-state index is -0.00589. The minimum absolute atomic E-state index is 0.00589. The van der Waals surface area contributed by atoms with Gasteiger partial charge in [-0.2, -0.15) is 0 Å². The summed E-state index contributed by atoms with van der Waals surface area (Å²) in [6.45, 7) is 1.93. The van der Waals surface area contributed by atoms with Crippen molar-refractivity contribution in [2.45, 2.75) is 18.9 Å². The summed E-state index contributed by atoms with van der Waals surface area (Å²) < 4.78 is 16.5. The molecule has 0 bridgehead atoms. The molecular weight excluding hydrogens is 322 g/mol. The molecule has 0 N–H and O–H groups in total. The molecule has 0 aliphatic carbocycles. The van der Waals surface area contributed by atoms with Crippen molar-refractivity contribution in [2.24, 2.45) is 0 Å². The number of nitrogens with zero attached hydrogens (tertiary/aromatic N) is 3. The zero-order valence-corrected chi connectivity index (χ0v) is 13.8. The van der Waals surface area contributed by atoms with Crippen LogP contribution in [0.15, 0.2) is 36.8 Å². The van der Waals surface area contributed by atoms with Gasteiger partial charge in [0.15, 0.2) is 11.5 Å². The minimum Gasteiger partial charge on any atom is -0.454 e. The monoisotopic (exact) mass is 341 g/mol. The van der Waals surface area contributed by atoms with Gasteiger partial charge < -0.3 is 19.1 Å². The number of carbonyl (C=O) groups excluding carboxylic acids is 1. The number of ether oxygens (including phenoxy) is 3. The Morgan fingerprint density at radius 2 is 2.16 bits per heavy atom. The molecule has 4 rings (SSSR count). The van der Waals surface area contributed by atoms with E-state index in [0.717, 1.165) is 18.5 Å². The lowest BCUT2D eigenvalue weighted by Gasteiger charge is -2.33. The van der Waals surface area contributed by atoms with Crippen LogP contribution in [0.25, 0.3) is 0 Å². The third-order valence-electron chi connectivity index (χ3n) is 4.41. The van der Waals surface area contributed by atoms with Gasteiger partial charge in [0.25, 0.3) is 5.91 Å². The van der Waals surface area contributed by atoms with Crippen LogP contribution in [-0.2, 0) is 11.2 Å². The average molecular weight is 341 g/mol. The van der Waals surface area contributed by atoms with Crippen LogP contribution in [0.5, 0.6) is 11.5 Å². The second-order valence-corrected chi connectivity index (χ2v) is 6.05. The molecule has 130 valence electrons. The molecule has 2 aliphatic heterocycles. The lowest BCUT2D eigenvalue weighted by atomic mass is 10.1. The van der Waals surface area contributed by atoms with Gasteiger partial charge in [0.1, 0.15) is 6.33 Å². The average Bonchev–Trinajstić information content (AvgIpc) is 3.14. The van der Waals surface area contributed by atoms with E-state index in [1.165, 1.54) is 0 Å². The predicted molar refractivity (Wildman–Crippen MR) is 88.6 cm³/mol. The summed E-state index contributed by atoms with van der Waals surface area (Å²) in [4.78, 5) is 22.8. The van der Waals surface area contributed by atoms with Crippen molar-refractivity contribution in [3.05, 3.63) is 48.0 Å². The topological polar surface area (TPSA) is 73.8 Å². The first-order valence-corrected chi connectivity index (χ1v) is 8.35. The Kier molecular flexibility index (Phi) is 4.47. The van der Waals surface area contributed by atoms with Gasteiger partial charge in [0.05, 0.1) is 12.7 Å². The second-order valence-electron chi connectivity index (χ2n) is 6.05. The third-order valence-corrected chi connectivity index (χ3v) is 4.41. The van der Waals surface area contributed by atoms with Crippen LogP contribution in [0.1, 0.15) is 22.5 Å². The molecule has 1 fully saturated rings. The smallest absolute Gasteiger partial charge is 0.254 e. The largest absolute Gasteiger partial charge is 0.454 e. The van der Waals surface area contributed by atoms with Gasteiger partial charge in [-0.05, 0) is 37.1 Å². The number of fused-ring (bicyclic) bond motifs is 1. The van der Waals surface area contributed by atoms with E-state index < -0.39 is 0 Å². The van der Waals surface area contributed by atoms with E-state index in [1.807, 2.05) is 11.0 Å². The van der Waals surface area contributed by atoms with Crippen LogP contribution in [0.2, 0.25) is 0 Å². The molecule has 1 saturated heterocycles. The van der Waals surface area contributed by atoms with Crippen molar-refractivity contribution in [2.75, 3.05) is 26.5 Å². The normalized spacial score (nSPS) is 19.0. The molecule has 2 aromatic rings. The molecule has 1 aromatic carbocycles. The summed E-state index contributed by atoms with van der Waals surface area (Å²) in [5.74, 6) is 1.30. The molecule has 0 unspecified atom stereocenters. The first kappa shape index (κ1) is 15.8. The third kappa shape index (κ3) is 3.56. The van der Waals surface area contributed by atoms with Gasteiger partial charge in [-0.3, -0.25) is 4.79 Å². The lowest BCUT2D eigenvalue weighted by molar-refractivity contribution is -0.0247. The van der Waals surface area contributed by atoms with Crippen LogP contribution in [-0.4, -0.2) is 53.4 Å². The molecule has 0 saturated carbocycles. The molecule has 1 aromatic heterocycles. The first-order chi connectivity index (χ1) is 12.3. The van der Waals surface area contributed by atoms with E-state index in [1.54, 1.807) is 30.7 Å². The van der Waals surface area contributed by atoms with E-state index >= 15 is 0 Å². The van der Waals surface area contributed by atoms with Gasteiger partial charge in [0, 0.05) is 30.5 Å². The van der Waals surface area contributed by atoms with E-state index in [-0.39, 0.29) is 18.8 Å². The summed E-state index contributed by atoms with van der Waals surface area (Å²) in [6, 6.07) is 7.21. The Balaban J connectivity index is 1.38. The van der Waals surface area contributed by atoms with Crippen LogP contribution in [0.4, 0.5) is 0 Å². The quantitative estimate of drug-likeness (QED) is 0.842. The summed E-state index contributed by atoms with van der Waals surface area (Å²) in [6.07, 6.45) is 4.93. The number of carbonyl (C=O) groups is 1. The maximum absolute atomic E-state index is 12.8. The van der Waals surface area contributed by atoms with Crippen molar-refractivity contribution in [1.29, 1.82) is 0 Å². The van der Waals surface area contributed by atoms with Crippen LogP contribution in [0, 0.1) is 0 Å². The zero-order chi connectivity index (χ0) is 17.1. The Morgan fingerprint density at radius 1 is 1.24 bits per heavy atom. The maximum Gasteiger partial charge on any atom is 0.254 e. The Labute approximate surface area is 145 Å². The van der Waals surface area contributed by atoms with E-state index in [9.17, 15) is 4.79 Å². The standard InChI is InChI=1S/C18H19N3O4/c22-18(13-1-4-16-17(9-13)25-12-24-16)21-7-8-23-15(10-21)3-2-14-5-6-19-11-20-14/h1,4-6,9,11,15H,2-3,7-8,10,12H2/t15-/m1/s1. The summed E-state index contributed by atoms with van der Waals surface area (Å²) >= 11 is 0. The molecule has 7 heteroatoms. The van der Waals surface area contributed by atoms with Gasteiger partial charge in [0.2, 0.25) is 6.79 Å². The van der Waals surface area contributed by atoms with E-state index in [4.69, 9.17) is 14.2 Å². The van der Waals surface area contributed by atoms with Crippen molar-refractivity contribution in [1.82, 2.24) is 14.9 Å². The van der Waals surface area contributed by atoms with Crippen LogP contribution < -0.4 is 9.47 Å². The number of aryl methyl sites for hydroxylation is 1. The summed E-state index contributed by atoms with van der Waals surface area (Å²) in [7, 11) is 0. The number of amides is 1. The number of aromatic nitrogens is 2. The molecule has 0 radical (unpaired) electrons. The fourth-order valence-corrected chi connectivity index (χ4v) is 3.07.